The normalized spacial score (nSPS) is 14.0. The molecule has 0 heterocycles. The van der Waals surface area contributed by atoms with Crippen molar-refractivity contribution in [1.29, 1.82) is 0 Å². The Bertz CT molecular complexity index is 512. The van der Waals surface area contributed by atoms with Crippen LogP contribution in [-0.2, 0) is 0 Å². The van der Waals surface area contributed by atoms with E-state index in [9.17, 15) is 14.9 Å². The highest BCUT2D eigenvalue weighted by Crippen LogP contribution is 2.30. The third kappa shape index (κ3) is 3.01. The van der Waals surface area contributed by atoms with E-state index in [2.05, 4.69) is 5.32 Å². The number of hydrogen-bond donors (Lipinski definition) is 1. The summed E-state index contributed by atoms with van der Waals surface area (Å²) in [6.45, 7) is 0.723. The minimum absolute atomic E-state index is 0.0758. The van der Waals surface area contributed by atoms with Gasteiger partial charge in [0.15, 0.2) is 0 Å². The van der Waals surface area contributed by atoms with Crippen molar-refractivity contribution in [3.63, 3.8) is 0 Å². The van der Waals surface area contributed by atoms with Crippen LogP contribution in [0, 0.1) is 16.0 Å². The molecule has 1 amide bonds. The van der Waals surface area contributed by atoms with E-state index < -0.39 is 4.92 Å². The molecule has 0 atom stereocenters. The van der Waals surface area contributed by atoms with Crippen molar-refractivity contribution in [2.24, 2.45) is 5.92 Å². The number of carbonyl (C=O) groups is 1. The lowest BCUT2D eigenvalue weighted by Gasteiger charge is -2.17. The van der Waals surface area contributed by atoms with Gasteiger partial charge in [-0.05, 0) is 30.9 Å². The minimum atomic E-state index is -0.483. The standard InChI is InChI=1S/C13H17N3O3/c1-14-11-6-5-10(7-12(11)16(18)19)13(17)15(2)8-9-3-4-9/h5-7,9,14H,3-4,8H2,1-2H3. The zero-order valence-corrected chi connectivity index (χ0v) is 11.0. The molecule has 1 aromatic carbocycles. The van der Waals surface area contributed by atoms with Gasteiger partial charge in [0.2, 0.25) is 0 Å². The molecule has 6 heteroatoms. The number of hydrogen-bond acceptors (Lipinski definition) is 4. The Labute approximate surface area is 111 Å². The molecular formula is C13H17N3O3. The van der Waals surface area contributed by atoms with Crippen molar-refractivity contribution in [2.75, 3.05) is 26.0 Å². The van der Waals surface area contributed by atoms with Crippen LogP contribution >= 0.6 is 0 Å². The Morgan fingerprint density at radius 2 is 2.21 bits per heavy atom. The molecule has 102 valence electrons. The van der Waals surface area contributed by atoms with E-state index in [0.717, 1.165) is 19.4 Å². The van der Waals surface area contributed by atoms with Gasteiger partial charge in [0, 0.05) is 32.3 Å². The second-order valence-corrected chi connectivity index (χ2v) is 4.87. The minimum Gasteiger partial charge on any atom is -0.383 e. The maximum atomic E-state index is 12.2. The average Bonchev–Trinajstić information content (AvgIpc) is 3.20. The molecule has 1 aliphatic rings. The van der Waals surface area contributed by atoms with Crippen LogP contribution in [0.3, 0.4) is 0 Å². The van der Waals surface area contributed by atoms with E-state index in [1.54, 1.807) is 31.1 Å². The molecular weight excluding hydrogens is 246 g/mol. The van der Waals surface area contributed by atoms with E-state index in [-0.39, 0.29) is 11.6 Å². The summed E-state index contributed by atoms with van der Waals surface area (Å²) in [4.78, 5) is 24.3. The van der Waals surface area contributed by atoms with Crippen molar-refractivity contribution in [1.82, 2.24) is 4.90 Å². The SMILES string of the molecule is CNc1ccc(C(=O)N(C)CC2CC2)cc1[N+](=O)[O-]. The Balaban J connectivity index is 2.21. The molecule has 1 aromatic rings. The van der Waals surface area contributed by atoms with Gasteiger partial charge in [-0.15, -0.1) is 0 Å². The molecule has 1 aliphatic carbocycles. The number of nitro benzene ring substituents is 1. The lowest BCUT2D eigenvalue weighted by atomic mass is 10.1. The quantitative estimate of drug-likeness (QED) is 0.652. The van der Waals surface area contributed by atoms with Crippen LogP contribution in [0.4, 0.5) is 11.4 Å². The van der Waals surface area contributed by atoms with Crippen molar-refractivity contribution < 1.29 is 9.72 Å². The van der Waals surface area contributed by atoms with Crippen molar-refractivity contribution >= 4 is 17.3 Å². The van der Waals surface area contributed by atoms with Crippen molar-refractivity contribution in [3.8, 4) is 0 Å². The van der Waals surface area contributed by atoms with Crippen LogP contribution in [0.2, 0.25) is 0 Å². The molecule has 0 radical (unpaired) electrons. The second-order valence-electron chi connectivity index (χ2n) is 4.87. The number of rotatable bonds is 5. The summed E-state index contributed by atoms with van der Waals surface area (Å²) in [5.74, 6) is 0.429. The van der Waals surface area contributed by atoms with Gasteiger partial charge in [0.25, 0.3) is 11.6 Å². The van der Waals surface area contributed by atoms with E-state index in [4.69, 9.17) is 0 Å². The largest absolute Gasteiger partial charge is 0.383 e. The number of benzene rings is 1. The van der Waals surface area contributed by atoms with Gasteiger partial charge in [-0.25, -0.2) is 0 Å². The molecule has 1 fully saturated rings. The van der Waals surface area contributed by atoms with Gasteiger partial charge >= 0.3 is 0 Å². The summed E-state index contributed by atoms with van der Waals surface area (Å²) in [6, 6.07) is 4.51. The van der Waals surface area contributed by atoms with Gasteiger partial charge in [-0.2, -0.15) is 0 Å². The molecule has 0 unspecified atom stereocenters. The first kappa shape index (κ1) is 13.3. The fourth-order valence-electron chi connectivity index (χ4n) is 2.02. The summed E-state index contributed by atoms with van der Waals surface area (Å²) in [5.41, 5.74) is 0.688. The van der Waals surface area contributed by atoms with Gasteiger partial charge in [0.05, 0.1) is 4.92 Å². The molecule has 0 saturated heterocycles. The van der Waals surface area contributed by atoms with Crippen LogP contribution in [0.1, 0.15) is 23.2 Å². The zero-order chi connectivity index (χ0) is 14.0. The first-order chi connectivity index (χ1) is 9.02. The molecule has 19 heavy (non-hydrogen) atoms. The fraction of sp³-hybridized carbons (Fsp3) is 0.462. The van der Waals surface area contributed by atoms with Crippen molar-refractivity contribution in [2.45, 2.75) is 12.8 Å². The Hall–Kier alpha value is -2.11. The Kier molecular flexibility index (Phi) is 3.69. The Morgan fingerprint density at radius 1 is 1.53 bits per heavy atom. The van der Waals surface area contributed by atoms with E-state index >= 15 is 0 Å². The van der Waals surface area contributed by atoms with E-state index in [1.165, 1.54) is 6.07 Å². The molecule has 0 aromatic heterocycles. The monoisotopic (exact) mass is 263 g/mol. The highest BCUT2D eigenvalue weighted by Gasteiger charge is 2.26. The first-order valence-corrected chi connectivity index (χ1v) is 6.24. The van der Waals surface area contributed by atoms with Gasteiger partial charge in [-0.1, -0.05) is 0 Å². The molecule has 0 spiro atoms. The highest BCUT2D eigenvalue weighted by atomic mass is 16.6. The number of nitrogens with one attached hydrogen (secondary N) is 1. The predicted octanol–water partition coefficient (Wildman–Crippen LogP) is 2.12. The molecule has 0 aliphatic heterocycles. The van der Waals surface area contributed by atoms with Crippen LogP contribution in [0.15, 0.2) is 18.2 Å². The lowest BCUT2D eigenvalue weighted by molar-refractivity contribution is -0.384. The third-order valence-corrected chi connectivity index (χ3v) is 3.29. The summed E-state index contributed by atoms with van der Waals surface area (Å²) in [7, 11) is 3.35. The average molecular weight is 263 g/mol. The van der Waals surface area contributed by atoms with Gasteiger partial charge in [0.1, 0.15) is 5.69 Å². The van der Waals surface area contributed by atoms with E-state index in [0.29, 0.717) is 17.2 Å². The molecule has 2 rings (SSSR count). The maximum absolute atomic E-state index is 12.2. The topological polar surface area (TPSA) is 75.5 Å². The fourth-order valence-corrected chi connectivity index (χ4v) is 2.02. The highest BCUT2D eigenvalue weighted by molar-refractivity contribution is 5.95. The number of nitrogens with zero attached hydrogens (tertiary/aromatic N) is 2. The zero-order valence-electron chi connectivity index (χ0n) is 11.0. The first-order valence-electron chi connectivity index (χ1n) is 6.24. The lowest BCUT2D eigenvalue weighted by Crippen LogP contribution is -2.28. The number of nitro groups is 1. The molecule has 1 N–H and O–H groups in total. The maximum Gasteiger partial charge on any atom is 0.293 e. The third-order valence-electron chi connectivity index (χ3n) is 3.29. The summed E-state index contributed by atoms with van der Waals surface area (Å²) in [6.07, 6.45) is 2.33. The molecule has 6 nitrogen and oxygen atoms in total. The number of amides is 1. The number of anilines is 1. The summed E-state index contributed by atoms with van der Waals surface area (Å²) in [5, 5.41) is 13.7. The van der Waals surface area contributed by atoms with Crippen LogP contribution in [0.25, 0.3) is 0 Å². The second kappa shape index (κ2) is 5.26. The summed E-state index contributed by atoms with van der Waals surface area (Å²) >= 11 is 0. The summed E-state index contributed by atoms with van der Waals surface area (Å²) < 4.78 is 0. The van der Waals surface area contributed by atoms with E-state index in [1.807, 2.05) is 0 Å². The Morgan fingerprint density at radius 3 is 2.74 bits per heavy atom. The molecule has 1 saturated carbocycles. The predicted molar refractivity (Wildman–Crippen MR) is 72.3 cm³/mol. The van der Waals surface area contributed by atoms with Crippen molar-refractivity contribution in [3.05, 3.63) is 33.9 Å². The molecule has 0 bridgehead atoms. The smallest absolute Gasteiger partial charge is 0.293 e. The van der Waals surface area contributed by atoms with Crippen LogP contribution < -0.4 is 5.32 Å². The number of carbonyl (C=O) groups excluding carboxylic acids is 1. The van der Waals surface area contributed by atoms with Gasteiger partial charge in [-0.3, -0.25) is 14.9 Å². The van der Waals surface area contributed by atoms with Crippen LogP contribution in [-0.4, -0.2) is 36.4 Å². The van der Waals surface area contributed by atoms with Crippen LogP contribution in [0.5, 0.6) is 0 Å². The van der Waals surface area contributed by atoms with Gasteiger partial charge < -0.3 is 10.2 Å².